The van der Waals surface area contributed by atoms with Gasteiger partial charge in [-0.1, -0.05) is 12.1 Å². The predicted molar refractivity (Wildman–Crippen MR) is 90.0 cm³/mol. The number of nitrogens with zero attached hydrogens (tertiary/aromatic N) is 3. The number of hydrogen-bond acceptors (Lipinski definition) is 4. The highest BCUT2D eigenvalue weighted by Gasteiger charge is 2.11. The number of benzene rings is 1. The number of aryl methyl sites for hydroxylation is 2. The Morgan fingerprint density at radius 1 is 1.43 bits per heavy atom. The average Bonchev–Trinajstić information content (AvgIpc) is 2.88. The summed E-state index contributed by atoms with van der Waals surface area (Å²) in [5.74, 6) is 0.854. The van der Waals surface area contributed by atoms with Crippen LogP contribution in [0.3, 0.4) is 0 Å². The summed E-state index contributed by atoms with van der Waals surface area (Å²) in [4.78, 5) is 0. The molecule has 0 spiro atoms. The van der Waals surface area contributed by atoms with Gasteiger partial charge in [0.2, 0.25) is 0 Å². The number of ether oxygens (including phenoxy) is 1. The first-order valence-electron chi connectivity index (χ1n) is 7.92. The first-order valence-corrected chi connectivity index (χ1v) is 7.92. The number of hydrogen-bond donors (Lipinski definition) is 1. The van der Waals surface area contributed by atoms with E-state index >= 15 is 0 Å². The van der Waals surface area contributed by atoms with E-state index in [1.807, 2.05) is 36.9 Å². The number of rotatable bonds is 8. The summed E-state index contributed by atoms with van der Waals surface area (Å²) < 4.78 is 7.52. The minimum Gasteiger partial charge on any atom is -0.494 e. The lowest BCUT2D eigenvalue weighted by Crippen LogP contribution is -2.18. The van der Waals surface area contributed by atoms with Gasteiger partial charge in [0.1, 0.15) is 5.75 Å². The van der Waals surface area contributed by atoms with Crippen LogP contribution in [0, 0.1) is 18.3 Å². The zero-order valence-corrected chi connectivity index (χ0v) is 14.0. The van der Waals surface area contributed by atoms with Crippen molar-refractivity contribution in [3.63, 3.8) is 0 Å². The van der Waals surface area contributed by atoms with Gasteiger partial charge in [-0.2, -0.15) is 10.4 Å². The molecule has 1 aromatic carbocycles. The summed E-state index contributed by atoms with van der Waals surface area (Å²) in [5, 5.41) is 16.4. The maximum atomic E-state index is 8.52. The molecule has 0 saturated carbocycles. The number of nitriles is 1. The molecule has 0 fully saturated rings. The molecular weight excluding hydrogens is 288 g/mol. The van der Waals surface area contributed by atoms with Crippen molar-refractivity contribution in [2.45, 2.75) is 39.3 Å². The minimum absolute atomic E-state index is 0.240. The quantitative estimate of drug-likeness (QED) is 0.760. The summed E-state index contributed by atoms with van der Waals surface area (Å²) in [6.45, 7) is 5.52. The fraction of sp³-hybridized carbons (Fsp3) is 0.444. The molecule has 23 heavy (non-hydrogen) atoms. The Morgan fingerprint density at radius 2 is 2.26 bits per heavy atom. The van der Waals surface area contributed by atoms with Crippen LogP contribution in [-0.4, -0.2) is 16.4 Å². The maximum Gasteiger partial charge on any atom is 0.119 e. The molecule has 5 nitrogen and oxygen atoms in total. The van der Waals surface area contributed by atoms with Crippen molar-refractivity contribution in [1.29, 1.82) is 5.26 Å². The molecule has 0 amide bonds. The summed E-state index contributed by atoms with van der Waals surface area (Å²) in [5.41, 5.74) is 3.45. The topological polar surface area (TPSA) is 62.9 Å². The van der Waals surface area contributed by atoms with Crippen molar-refractivity contribution in [1.82, 2.24) is 15.1 Å². The molecule has 5 heteroatoms. The molecule has 2 aromatic rings. The zero-order valence-electron chi connectivity index (χ0n) is 14.0. The summed E-state index contributed by atoms with van der Waals surface area (Å²) in [6, 6.07) is 10.4. The second-order valence-corrected chi connectivity index (χ2v) is 5.70. The molecule has 0 aliphatic heterocycles. The third-order valence-electron chi connectivity index (χ3n) is 3.73. The second kappa shape index (κ2) is 8.35. The Bertz CT molecular complexity index is 672. The van der Waals surface area contributed by atoms with Gasteiger partial charge in [0, 0.05) is 37.8 Å². The van der Waals surface area contributed by atoms with E-state index in [0.29, 0.717) is 13.0 Å². The van der Waals surface area contributed by atoms with E-state index in [1.54, 1.807) is 0 Å². The van der Waals surface area contributed by atoms with Crippen LogP contribution in [0.25, 0.3) is 0 Å². The van der Waals surface area contributed by atoms with Crippen LogP contribution in [0.15, 0.2) is 30.5 Å². The zero-order chi connectivity index (χ0) is 16.7. The Balaban J connectivity index is 1.88. The summed E-state index contributed by atoms with van der Waals surface area (Å²) >= 11 is 0. The smallest absolute Gasteiger partial charge is 0.119 e. The van der Waals surface area contributed by atoms with Crippen molar-refractivity contribution in [3.05, 3.63) is 47.3 Å². The highest BCUT2D eigenvalue weighted by atomic mass is 16.5. The molecule has 0 aliphatic rings. The van der Waals surface area contributed by atoms with Gasteiger partial charge in [-0.05, 0) is 38.0 Å². The molecule has 122 valence electrons. The highest BCUT2D eigenvalue weighted by Crippen LogP contribution is 2.18. The Morgan fingerprint density at radius 3 is 2.96 bits per heavy atom. The number of aromatic nitrogens is 2. The molecule has 1 heterocycles. The van der Waals surface area contributed by atoms with E-state index in [0.717, 1.165) is 24.4 Å². The summed E-state index contributed by atoms with van der Waals surface area (Å²) in [6.07, 6.45) is 3.35. The van der Waals surface area contributed by atoms with Crippen molar-refractivity contribution in [3.8, 4) is 11.8 Å². The van der Waals surface area contributed by atoms with Gasteiger partial charge in [0.05, 0.1) is 18.4 Å². The van der Waals surface area contributed by atoms with E-state index < -0.39 is 0 Å². The maximum absolute atomic E-state index is 8.52. The van der Waals surface area contributed by atoms with Gasteiger partial charge in [0.25, 0.3) is 0 Å². The number of nitrogens with one attached hydrogen (secondary N) is 1. The molecule has 0 radical (unpaired) electrons. The van der Waals surface area contributed by atoms with Crippen LogP contribution < -0.4 is 10.1 Å². The van der Waals surface area contributed by atoms with Crippen LogP contribution >= 0.6 is 0 Å². The van der Waals surface area contributed by atoms with E-state index in [4.69, 9.17) is 10.00 Å². The van der Waals surface area contributed by atoms with Gasteiger partial charge in [-0.15, -0.1) is 0 Å². The van der Waals surface area contributed by atoms with E-state index in [9.17, 15) is 0 Å². The Labute approximate surface area is 137 Å². The van der Waals surface area contributed by atoms with Gasteiger partial charge in [-0.3, -0.25) is 4.68 Å². The van der Waals surface area contributed by atoms with E-state index in [-0.39, 0.29) is 6.04 Å². The van der Waals surface area contributed by atoms with Gasteiger partial charge >= 0.3 is 0 Å². The number of unbranched alkanes of at least 4 members (excludes halogenated alkanes) is 1. The third kappa shape index (κ3) is 5.11. The lowest BCUT2D eigenvalue weighted by molar-refractivity contribution is 0.312. The molecule has 1 N–H and O–H groups in total. The first kappa shape index (κ1) is 17.0. The molecule has 0 aliphatic carbocycles. The van der Waals surface area contributed by atoms with Crippen molar-refractivity contribution in [2.24, 2.45) is 7.05 Å². The largest absolute Gasteiger partial charge is 0.494 e. The monoisotopic (exact) mass is 312 g/mol. The second-order valence-electron chi connectivity index (χ2n) is 5.70. The molecule has 1 unspecified atom stereocenters. The molecular formula is C18H24N4O. The van der Waals surface area contributed by atoms with Gasteiger partial charge in [-0.25, -0.2) is 0 Å². The fourth-order valence-corrected chi connectivity index (χ4v) is 2.51. The van der Waals surface area contributed by atoms with Crippen LogP contribution in [0.4, 0.5) is 0 Å². The van der Waals surface area contributed by atoms with E-state index in [2.05, 4.69) is 35.7 Å². The van der Waals surface area contributed by atoms with E-state index in [1.165, 1.54) is 11.1 Å². The molecule has 1 atom stereocenters. The minimum atomic E-state index is 0.240. The van der Waals surface area contributed by atoms with Crippen LogP contribution in [0.2, 0.25) is 0 Å². The summed E-state index contributed by atoms with van der Waals surface area (Å²) in [7, 11) is 1.94. The standard InChI is InChI=1S/C18H24N4O/c1-14(18-13-22(3)21-15(18)2)20-12-16-7-6-8-17(11-16)23-10-5-4-9-19/h6-8,11,13-14,20H,4-5,10,12H2,1-3H3. The fourth-order valence-electron chi connectivity index (χ4n) is 2.51. The Kier molecular flexibility index (Phi) is 6.19. The van der Waals surface area contributed by atoms with Crippen molar-refractivity contribution >= 4 is 0 Å². The van der Waals surface area contributed by atoms with Gasteiger partial charge < -0.3 is 10.1 Å². The molecule has 1 aromatic heterocycles. The first-order chi connectivity index (χ1) is 11.1. The van der Waals surface area contributed by atoms with Crippen LogP contribution in [0.5, 0.6) is 5.75 Å². The van der Waals surface area contributed by atoms with Crippen LogP contribution in [-0.2, 0) is 13.6 Å². The van der Waals surface area contributed by atoms with Crippen molar-refractivity contribution < 1.29 is 4.74 Å². The molecule has 0 saturated heterocycles. The van der Waals surface area contributed by atoms with Crippen molar-refractivity contribution in [2.75, 3.05) is 6.61 Å². The average molecular weight is 312 g/mol. The normalized spacial score (nSPS) is 11.9. The van der Waals surface area contributed by atoms with Crippen LogP contribution in [0.1, 0.15) is 42.6 Å². The van der Waals surface area contributed by atoms with Gasteiger partial charge in [0.15, 0.2) is 0 Å². The lowest BCUT2D eigenvalue weighted by atomic mass is 10.1. The Hall–Kier alpha value is -2.32. The lowest BCUT2D eigenvalue weighted by Gasteiger charge is -2.14. The highest BCUT2D eigenvalue weighted by molar-refractivity contribution is 5.29. The molecule has 2 rings (SSSR count). The predicted octanol–water partition coefficient (Wildman–Crippen LogP) is 3.26. The third-order valence-corrected chi connectivity index (χ3v) is 3.73. The molecule has 0 bridgehead atoms. The SMILES string of the molecule is Cc1nn(C)cc1C(C)NCc1cccc(OCCCC#N)c1.